The van der Waals surface area contributed by atoms with Gasteiger partial charge in [-0.3, -0.25) is 4.79 Å². The Hall–Kier alpha value is -0.650. The fourth-order valence-electron chi connectivity index (χ4n) is 2.19. The van der Waals surface area contributed by atoms with Gasteiger partial charge in [-0.1, -0.05) is 12.8 Å². The third-order valence-electron chi connectivity index (χ3n) is 3.30. The van der Waals surface area contributed by atoms with Crippen molar-refractivity contribution in [2.45, 2.75) is 31.7 Å². The largest absolute Gasteiger partial charge is 0.383 e. The molecule has 18 heavy (non-hydrogen) atoms. The first kappa shape index (κ1) is 15.4. The van der Waals surface area contributed by atoms with Crippen LogP contribution in [-0.4, -0.2) is 63.9 Å². The number of rotatable bonds is 7. The van der Waals surface area contributed by atoms with Crippen LogP contribution in [0.3, 0.4) is 0 Å². The summed E-state index contributed by atoms with van der Waals surface area (Å²) in [6.07, 6.45) is 4.45. The molecule has 0 aliphatic carbocycles. The quantitative estimate of drug-likeness (QED) is 0.728. The van der Waals surface area contributed by atoms with Gasteiger partial charge in [0.25, 0.3) is 0 Å². The lowest BCUT2D eigenvalue weighted by Crippen LogP contribution is -2.48. The number of hydrogen-bond acceptors (Lipinski definition) is 4. The van der Waals surface area contributed by atoms with Crippen LogP contribution in [0.25, 0.3) is 0 Å². The number of nitrogens with zero attached hydrogens (tertiary/aromatic N) is 1. The average molecular weight is 258 g/mol. The van der Waals surface area contributed by atoms with E-state index in [1.54, 1.807) is 14.2 Å². The standard InChI is InChI=1S/C13H26N2O3/c1-17-10-8-15(9-11-18-2)13(16)12-6-4-3-5-7-14-12/h12,14H,3-11H2,1-2H3. The molecule has 0 aromatic heterocycles. The van der Waals surface area contributed by atoms with E-state index in [1.807, 2.05) is 4.90 Å². The molecule has 0 spiro atoms. The predicted molar refractivity (Wildman–Crippen MR) is 70.6 cm³/mol. The molecule has 0 aromatic rings. The van der Waals surface area contributed by atoms with Gasteiger partial charge in [-0.25, -0.2) is 0 Å². The molecule has 106 valence electrons. The van der Waals surface area contributed by atoms with Gasteiger partial charge in [0.1, 0.15) is 0 Å². The zero-order chi connectivity index (χ0) is 13.2. The summed E-state index contributed by atoms with van der Waals surface area (Å²) >= 11 is 0. The van der Waals surface area contributed by atoms with Gasteiger partial charge in [0.05, 0.1) is 19.3 Å². The summed E-state index contributed by atoms with van der Waals surface area (Å²) < 4.78 is 10.1. The lowest BCUT2D eigenvalue weighted by molar-refractivity contribution is -0.134. The minimum Gasteiger partial charge on any atom is -0.383 e. The van der Waals surface area contributed by atoms with Crippen molar-refractivity contribution in [3.63, 3.8) is 0 Å². The van der Waals surface area contributed by atoms with Crippen LogP contribution < -0.4 is 5.32 Å². The second-order valence-electron chi connectivity index (χ2n) is 4.67. The summed E-state index contributed by atoms with van der Waals surface area (Å²) in [5, 5.41) is 3.34. The monoisotopic (exact) mass is 258 g/mol. The SMILES string of the molecule is COCCN(CCOC)C(=O)C1CCCCCN1. The first-order chi connectivity index (χ1) is 8.79. The van der Waals surface area contributed by atoms with E-state index < -0.39 is 0 Å². The van der Waals surface area contributed by atoms with Crippen molar-refractivity contribution < 1.29 is 14.3 Å². The fraction of sp³-hybridized carbons (Fsp3) is 0.923. The highest BCUT2D eigenvalue weighted by Crippen LogP contribution is 2.10. The zero-order valence-corrected chi connectivity index (χ0v) is 11.6. The van der Waals surface area contributed by atoms with E-state index in [9.17, 15) is 4.79 Å². The van der Waals surface area contributed by atoms with Crippen molar-refractivity contribution in [2.75, 3.05) is 47.1 Å². The molecule has 5 nitrogen and oxygen atoms in total. The highest BCUT2D eigenvalue weighted by Gasteiger charge is 2.24. The van der Waals surface area contributed by atoms with Gasteiger partial charge in [0, 0.05) is 27.3 Å². The highest BCUT2D eigenvalue weighted by atomic mass is 16.5. The van der Waals surface area contributed by atoms with E-state index >= 15 is 0 Å². The molecule has 1 fully saturated rings. The molecule has 1 aliphatic rings. The van der Waals surface area contributed by atoms with E-state index in [2.05, 4.69) is 5.32 Å². The Balaban J connectivity index is 2.49. The molecule has 0 aromatic carbocycles. The van der Waals surface area contributed by atoms with Gasteiger partial charge in [0.2, 0.25) is 5.91 Å². The number of nitrogens with one attached hydrogen (secondary N) is 1. The van der Waals surface area contributed by atoms with Crippen LogP contribution in [-0.2, 0) is 14.3 Å². The van der Waals surface area contributed by atoms with Crippen molar-refractivity contribution in [1.82, 2.24) is 10.2 Å². The second kappa shape index (κ2) is 9.30. The van der Waals surface area contributed by atoms with E-state index in [0.717, 1.165) is 19.4 Å². The maximum absolute atomic E-state index is 12.4. The molecule has 0 saturated carbocycles. The lowest BCUT2D eigenvalue weighted by atomic mass is 10.1. The Morgan fingerprint density at radius 1 is 1.17 bits per heavy atom. The van der Waals surface area contributed by atoms with Gasteiger partial charge in [-0.15, -0.1) is 0 Å². The summed E-state index contributed by atoms with van der Waals surface area (Å²) in [6, 6.07) is -0.0267. The summed E-state index contributed by atoms with van der Waals surface area (Å²) in [7, 11) is 3.31. The molecule has 0 radical (unpaired) electrons. The first-order valence-electron chi connectivity index (χ1n) is 6.79. The molecule has 5 heteroatoms. The van der Waals surface area contributed by atoms with Gasteiger partial charge in [-0.05, 0) is 19.4 Å². The summed E-state index contributed by atoms with van der Waals surface area (Å²) in [5.74, 6) is 0.186. The summed E-state index contributed by atoms with van der Waals surface area (Å²) in [6.45, 7) is 3.36. The average Bonchev–Trinajstić information content (AvgIpc) is 2.67. The Labute approximate surface area is 110 Å². The molecule has 1 aliphatic heterocycles. The van der Waals surface area contributed by atoms with E-state index in [4.69, 9.17) is 9.47 Å². The molecule has 1 saturated heterocycles. The van der Waals surface area contributed by atoms with Gasteiger partial charge in [-0.2, -0.15) is 0 Å². The molecule has 0 bridgehead atoms. The van der Waals surface area contributed by atoms with Crippen molar-refractivity contribution >= 4 is 5.91 Å². The van der Waals surface area contributed by atoms with Gasteiger partial charge >= 0.3 is 0 Å². The van der Waals surface area contributed by atoms with Gasteiger partial charge in [0.15, 0.2) is 0 Å². The topological polar surface area (TPSA) is 50.8 Å². The van der Waals surface area contributed by atoms with E-state index in [0.29, 0.717) is 26.3 Å². The van der Waals surface area contributed by atoms with Crippen LogP contribution in [0.5, 0.6) is 0 Å². The van der Waals surface area contributed by atoms with Crippen LogP contribution in [0, 0.1) is 0 Å². The Morgan fingerprint density at radius 3 is 2.44 bits per heavy atom. The number of ether oxygens (including phenoxy) is 2. The normalized spacial score (nSPS) is 20.4. The van der Waals surface area contributed by atoms with Crippen LogP contribution in [0.1, 0.15) is 25.7 Å². The molecule has 1 rings (SSSR count). The van der Waals surface area contributed by atoms with Crippen LogP contribution in [0.15, 0.2) is 0 Å². The predicted octanol–water partition coefficient (Wildman–Crippen LogP) is 0.640. The third-order valence-corrected chi connectivity index (χ3v) is 3.30. The molecular weight excluding hydrogens is 232 g/mol. The number of amides is 1. The second-order valence-corrected chi connectivity index (χ2v) is 4.67. The zero-order valence-electron chi connectivity index (χ0n) is 11.6. The van der Waals surface area contributed by atoms with Gasteiger partial charge < -0.3 is 19.7 Å². The Kier molecular flexibility index (Phi) is 7.96. The van der Waals surface area contributed by atoms with Crippen molar-refractivity contribution in [1.29, 1.82) is 0 Å². The molecule has 1 N–H and O–H groups in total. The van der Waals surface area contributed by atoms with Crippen molar-refractivity contribution in [3.05, 3.63) is 0 Å². The van der Waals surface area contributed by atoms with Crippen molar-refractivity contribution in [2.24, 2.45) is 0 Å². The summed E-state index contributed by atoms with van der Waals surface area (Å²) in [5.41, 5.74) is 0. The maximum atomic E-state index is 12.4. The smallest absolute Gasteiger partial charge is 0.239 e. The molecule has 1 amide bonds. The lowest BCUT2D eigenvalue weighted by Gasteiger charge is -2.27. The molecule has 1 atom stereocenters. The number of hydrogen-bond donors (Lipinski definition) is 1. The highest BCUT2D eigenvalue weighted by molar-refractivity contribution is 5.81. The number of carbonyl (C=O) groups excluding carboxylic acids is 1. The van der Waals surface area contributed by atoms with Crippen LogP contribution in [0.4, 0.5) is 0 Å². The molecular formula is C13H26N2O3. The fourth-order valence-corrected chi connectivity index (χ4v) is 2.19. The minimum absolute atomic E-state index is 0.0267. The number of methoxy groups -OCH3 is 2. The maximum Gasteiger partial charge on any atom is 0.239 e. The third kappa shape index (κ3) is 5.33. The molecule has 1 heterocycles. The minimum atomic E-state index is -0.0267. The van der Waals surface area contributed by atoms with Crippen LogP contribution in [0.2, 0.25) is 0 Å². The van der Waals surface area contributed by atoms with Crippen LogP contribution >= 0.6 is 0 Å². The number of carbonyl (C=O) groups is 1. The van der Waals surface area contributed by atoms with Crippen molar-refractivity contribution in [3.8, 4) is 0 Å². The summed E-state index contributed by atoms with van der Waals surface area (Å²) in [4.78, 5) is 14.3. The van der Waals surface area contributed by atoms with E-state index in [-0.39, 0.29) is 11.9 Å². The van der Waals surface area contributed by atoms with E-state index in [1.165, 1.54) is 12.8 Å². The Morgan fingerprint density at radius 2 is 1.83 bits per heavy atom. The Bertz CT molecular complexity index is 220. The first-order valence-corrected chi connectivity index (χ1v) is 6.79. The molecule has 1 unspecified atom stereocenters.